The third-order valence-corrected chi connectivity index (χ3v) is 4.00. The summed E-state index contributed by atoms with van der Waals surface area (Å²) in [5.41, 5.74) is -0.516. The zero-order valence-corrected chi connectivity index (χ0v) is 10.2. The topological polar surface area (TPSA) is 35.5 Å². The number of hydrogen-bond donors (Lipinski definition) is 2. The van der Waals surface area contributed by atoms with Crippen molar-refractivity contribution in [2.45, 2.75) is 63.8 Å². The van der Waals surface area contributed by atoms with Crippen molar-refractivity contribution in [2.75, 3.05) is 13.1 Å². The van der Waals surface area contributed by atoms with Crippen LogP contribution in [0.1, 0.15) is 40.0 Å². The van der Waals surface area contributed by atoms with E-state index in [2.05, 4.69) is 31.0 Å². The molecule has 1 saturated carbocycles. The van der Waals surface area contributed by atoms with Crippen molar-refractivity contribution >= 4 is 0 Å². The summed E-state index contributed by atoms with van der Waals surface area (Å²) in [6.45, 7) is 8.23. The first-order valence-corrected chi connectivity index (χ1v) is 6.28. The summed E-state index contributed by atoms with van der Waals surface area (Å²) in [5.74, 6) is 0. The van der Waals surface area contributed by atoms with Crippen LogP contribution in [0.3, 0.4) is 0 Å². The van der Waals surface area contributed by atoms with Gasteiger partial charge in [0.15, 0.2) is 0 Å². The second-order valence-electron chi connectivity index (χ2n) is 5.34. The molecule has 3 atom stereocenters. The van der Waals surface area contributed by atoms with Crippen molar-refractivity contribution in [2.24, 2.45) is 0 Å². The Bertz CT molecular complexity index is 230. The van der Waals surface area contributed by atoms with Crippen LogP contribution in [0.15, 0.2) is 0 Å². The normalized spacial score (nSPS) is 39.6. The first kappa shape index (κ1) is 11.4. The fraction of sp³-hybridized carbons (Fsp3) is 1.00. The van der Waals surface area contributed by atoms with E-state index in [1.165, 1.54) is 12.8 Å². The Morgan fingerprint density at radius 3 is 2.73 bits per heavy atom. The molecule has 1 aliphatic heterocycles. The Morgan fingerprint density at radius 1 is 1.53 bits per heavy atom. The minimum Gasteiger partial charge on any atom is -0.387 e. The summed E-state index contributed by atoms with van der Waals surface area (Å²) in [6.07, 6.45) is 3.57. The van der Waals surface area contributed by atoms with E-state index in [1.807, 2.05) is 0 Å². The average Bonchev–Trinajstić information content (AvgIpc) is 2.94. The van der Waals surface area contributed by atoms with Gasteiger partial charge in [0.25, 0.3) is 0 Å². The number of likely N-dealkylation sites (tertiary alicyclic amines) is 1. The molecule has 15 heavy (non-hydrogen) atoms. The molecule has 0 aromatic heterocycles. The van der Waals surface area contributed by atoms with Gasteiger partial charge in [0, 0.05) is 24.7 Å². The molecule has 1 saturated heterocycles. The van der Waals surface area contributed by atoms with Crippen LogP contribution in [0.5, 0.6) is 0 Å². The van der Waals surface area contributed by atoms with E-state index in [0.29, 0.717) is 6.04 Å². The zero-order valence-electron chi connectivity index (χ0n) is 10.2. The second kappa shape index (κ2) is 4.04. The summed E-state index contributed by atoms with van der Waals surface area (Å²) >= 11 is 0. The van der Waals surface area contributed by atoms with Gasteiger partial charge < -0.3 is 10.4 Å². The third-order valence-electron chi connectivity index (χ3n) is 4.00. The van der Waals surface area contributed by atoms with Gasteiger partial charge in [-0.05, 0) is 39.7 Å². The van der Waals surface area contributed by atoms with Crippen LogP contribution in [-0.4, -0.2) is 46.8 Å². The predicted octanol–water partition coefficient (Wildman–Crippen LogP) is 0.972. The van der Waals surface area contributed by atoms with Gasteiger partial charge in [-0.2, -0.15) is 0 Å². The number of aliphatic hydroxyl groups is 1. The third kappa shape index (κ3) is 2.19. The highest BCUT2D eigenvalue weighted by molar-refractivity contribution is 5.04. The van der Waals surface area contributed by atoms with E-state index in [4.69, 9.17) is 0 Å². The van der Waals surface area contributed by atoms with Crippen molar-refractivity contribution in [1.29, 1.82) is 0 Å². The number of hydrogen-bond acceptors (Lipinski definition) is 3. The van der Waals surface area contributed by atoms with Crippen LogP contribution >= 0.6 is 0 Å². The van der Waals surface area contributed by atoms with Crippen molar-refractivity contribution in [3.63, 3.8) is 0 Å². The van der Waals surface area contributed by atoms with Crippen LogP contribution in [0, 0.1) is 0 Å². The lowest BCUT2D eigenvalue weighted by molar-refractivity contribution is 0.0163. The minimum absolute atomic E-state index is 0.202. The van der Waals surface area contributed by atoms with Gasteiger partial charge in [0.2, 0.25) is 0 Å². The highest BCUT2D eigenvalue weighted by atomic mass is 16.3. The molecule has 2 rings (SSSR count). The molecule has 0 aromatic rings. The lowest BCUT2D eigenvalue weighted by Gasteiger charge is -2.30. The monoisotopic (exact) mass is 212 g/mol. The number of rotatable bonds is 4. The van der Waals surface area contributed by atoms with Gasteiger partial charge in [0.05, 0.1) is 5.60 Å². The fourth-order valence-corrected chi connectivity index (χ4v) is 2.87. The molecule has 0 aromatic carbocycles. The Balaban J connectivity index is 1.98. The lowest BCUT2D eigenvalue weighted by atomic mass is 9.93. The molecule has 2 fully saturated rings. The highest BCUT2D eigenvalue weighted by Crippen LogP contribution is 2.38. The molecule has 0 amide bonds. The summed E-state index contributed by atoms with van der Waals surface area (Å²) < 4.78 is 0. The van der Waals surface area contributed by atoms with E-state index >= 15 is 0 Å². The van der Waals surface area contributed by atoms with Crippen molar-refractivity contribution in [3.8, 4) is 0 Å². The molecule has 2 N–H and O–H groups in total. The van der Waals surface area contributed by atoms with E-state index in [0.717, 1.165) is 25.6 Å². The first-order chi connectivity index (χ1) is 7.07. The first-order valence-electron chi connectivity index (χ1n) is 6.28. The fourth-order valence-electron chi connectivity index (χ4n) is 2.87. The Labute approximate surface area is 92.8 Å². The summed E-state index contributed by atoms with van der Waals surface area (Å²) in [5, 5.41) is 14.0. The maximum absolute atomic E-state index is 10.6. The maximum Gasteiger partial charge on any atom is 0.0938 e. The molecule has 3 heteroatoms. The predicted molar refractivity (Wildman–Crippen MR) is 61.9 cm³/mol. The molecule has 0 bridgehead atoms. The SMILES string of the molecule is CCNC(C)C1(O)CC(C)N(C2CC2)C1. The van der Waals surface area contributed by atoms with Crippen molar-refractivity contribution in [3.05, 3.63) is 0 Å². The molecule has 2 aliphatic rings. The molecule has 88 valence electrons. The number of β-amino-alcohol motifs (C(OH)–C–C–N with tert-alkyl or cyclic N) is 1. The summed E-state index contributed by atoms with van der Waals surface area (Å²) in [6, 6.07) is 1.51. The van der Waals surface area contributed by atoms with Crippen LogP contribution in [0.4, 0.5) is 0 Å². The highest BCUT2D eigenvalue weighted by Gasteiger charge is 2.48. The molecule has 1 aliphatic carbocycles. The van der Waals surface area contributed by atoms with Gasteiger partial charge in [0.1, 0.15) is 0 Å². The van der Waals surface area contributed by atoms with Crippen LogP contribution < -0.4 is 5.32 Å². The lowest BCUT2D eigenvalue weighted by Crippen LogP contribution is -2.50. The average molecular weight is 212 g/mol. The van der Waals surface area contributed by atoms with E-state index < -0.39 is 5.60 Å². The van der Waals surface area contributed by atoms with E-state index in [-0.39, 0.29) is 6.04 Å². The smallest absolute Gasteiger partial charge is 0.0938 e. The number of nitrogens with zero attached hydrogens (tertiary/aromatic N) is 1. The van der Waals surface area contributed by atoms with Crippen molar-refractivity contribution in [1.82, 2.24) is 10.2 Å². The second-order valence-corrected chi connectivity index (χ2v) is 5.34. The molecule has 3 unspecified atom stereocenters. The summed E-state index contributed by atoms with van der Waals surface area (Å²) in [4.78, 5) is 2.49. The van der Waals surface area contributed by atoms with Gasteiger partial charge >= 0.3 is 0 Å². The quantitative estimate of drug-likeness (QED) is 0.729. The number of nitrogens with one attached hydrogen (secondary N) is 1. The molecular formula is C12H24N2O. The van der Waals surface area contributed by atoms with Gasteiger partial charge in [-0.25, -0.2) is 0 Å². The van der Waals surface area contributed by atoms with Gasteiger partial charge in [-0.3, -0.25) is 4.90 Å². The Kier molecular flexibility index (Phi) is 3.06. The van der Waals surface area contributed by atoms with Crippen LogP contribution in [0.2, 0.25) is 0 Å². The van der Waals surface area contributed by atoms with Gasteiger partial charge in [-0.15, -0.1) is 0 Å². The molecule has 3 nitrogen and oxygen atoms in total. The van der Waals surface area contributed by atoms with Crippen molar-refractivity contribution < 1.29 is 5.11 Å². The van der Waals surface area contributed by atoms with Crippen LogP contribution in [0.25, 0.3) is 0 Å². The van der Waals surface area contributed by atoms with Gasteiger partial charge in [-0.1, -0.05) is 6.92 Å². The number of likely N-dealkylation sites (N-methyl/N-ethyl adjacent to an activating group) is 1. The largest absolute Gasteiger partial charge is 0.387 e. The maximum atomic E-state index is 10.6. The molecule has 0 radical (unpaired) electrons. The van der Waals surface area contributed by atoms with Crippen LogP contribution in [-0.2, 0) is 0 Å². The Morgan fingerprint density at radius 2 is 2.20 bits per heavy atom. The van der Waals surface area contributed by atoms with E-state index in [9.17, 15) is 5.11 Å². The standard InChI is InChI=1S/C12H24N2O/c1-4-13-10(3)12(15)7-9(2)14(8-12)11-5-6-11/h9-11,13,15H,4-8H2,1-3H3. The minimum atomic E-state index is -0.516. The Hall–Kier alpha value is -0.120. The molecular weight excluding hydrogens is 188 g/mol. The van der Waals surface area contributed by atoms with E-state index in [1.54, 1.807) is 0 Å². The summed E-state index contributed by atoms with van der Waals surface area (Å²) in [7, 11) is 0. The zero-order chi connectivity index (χ0) is 11.1. The molecule has 1 heterocycles. The molecule has 0 spiro atoms.